The van der Waals surface area contributed by atoms with Crippen LogP contribution in [-0.2, 0) is 0 Å². The number of rotatable bonds is 1. The van der Waals surface area contributed by atoms with Gasteiger partial charge in [0.15, 0.2) is 0 Å². The topological polar surface area (TPSA) is 49.8 Å². The summed E-state index contributed by atoms with van der Waals surface area (Å²) in [4.78, 5) is 0. The Morgan fingerprint density at radius 1 is 1.38 bits per heavy atom. The second kappa shape index (κ2) is 3.17. The van der Waals surface area contributed by atoms with Gasteiger partial charge in [0.05, 0.1) is 6.07 Å². The Bertz CT molecular complexity index is 467. The van der Waals surface area contributed by atoms with Gasteiger partial charge in [0.1, 0.15) is 6.04 Å². The zero-order chi connectivity index (χ0) is 9.26. The largest absolute Gasteiger partial charge is 0.312 e. The van der Waals surface area contributed by atoms with E-state index in [1.807, 2.05) is 35.7 Å². The van der Waals surface area contributed by atoms with Crippen molar-refractivity contribution in [3.8, 4) is 6.07 Å². The zero-order valence-corrected chi connectivity index (χ0v) is 7.71. The number of benzene rings is 1. The normalized spacial score (nSPS) is 12.6. The molecule has 0 saturated heterocycles. The van der Waals surface area contributed by atoms with E-state index in [4.69, 9.17) is 11.0 Å². The van der Waals surface area contributed by atoms with E-state index in [-0.39, 0.29) is 0 Å². The lowest BCUT2D eigenvalue weighted by Crippen LogP contribution is -2.05. The number of hydrogen-bond acceptors (Lipinski definition) is 3. The van der Waals surface area contributed by atoms with Crippen molar-refractivity contribution >= 4 is 21.4 Å². The number of nitrogens with zero attached hydrogens (tertiary/aromatic N) is 1. The van der Waals surface area contributed by atoms with Crippen molar-refractivity contribution in [1.82, 2.24) is 0 Å². The number of hydrogen-bond donors (Lipinski definition) is 1. The van der Waals surface area contributed by atoms with E-state index in [9.17, 15) is 0 Å². The van der Waals surface area contributed by atoms with Crippen molar-refractivity contribution in [2.24, 2.45) is 5.73 Å². The molecule has 0 aliphatic heterocycles. The molecule has 0 fully saturated rings. The van der Waals surface area contributed by atoms with Gasteiger partial charge in [0, 0.05) is 10.3 Å². The van der Waals surface area contributed by atoms with Crippen molar-refractivity contribution in [2.45, 2.75) is 6.04 Å². The summed E-state index contributed by atoms with van der Waals surface area (Å²) in [6, 6.07) is 9.52. The lowest BCUT2D eigenvalue weighted by atomic mass is 10.1. The van der Waals surface area contributed by atoms with Gasteiger partial charge in [-0.25, -0.2) is 0 Å². The molecule has 1 heterocycles. The van der Waals surface area contributed by atoms with Crippen LogP contribution in [0.25, 0.3) is 10.1 Å². The molecule has 1 aromatic heterocycles. The van der Waals surface area contributed by atoms with E-state index < -0.39 is 6.04 Å². The lowest BCUT2D eigenvalue weighted by Gasteiger charge is -1.99. The first-order valence-electron chi connectivity index (χ1n) is 3.94. The number of nitrogens with two attached hydrogens (primary N) is 1. The summed E-state index contributed by atoms with van der Waals surface area (Å²) in [6.45, 7) is 0. The van der Waals surface area contributed by atoms with Gasteiger partial charge < -0.3 is 5.73 Å². The van der Waals surface area contributed by atoms with Crippen LogP contribution in [0.5, 0.6) is 0 Å². The van der Waals surface area contributed by atoms with E-state index in [0.29, 0.717) is 0 Å². The Kier molecular flexibility index (Phi) is 2.01. The zero-order valence-electron chi connectivity index (χ0n) is 6.90. The van der Waals surface area contributed by atoms with Crippen LogP contribution in [-0.4, -0.2) is 0 Å². The van der Waals surface area contributed by atoms with Crippen molar-refractivity contribution in [1.29, 1.82) is 5.26 Å². The summed E-state index contributed by atoms with van der Waals surface area (Å²) in [5.41, 5.74) is 6.58. The van der Waals surface area contributed by atoms with E-state index in [1.165, 1.54) is 4.70 Å². The molecule has 2 aromatic rings. The fourth-order valence-corrected chi connectivity index (χ4v) is 2.31. The Labute approximate surface area is 80.2 Å². The molecule has 2 N–H and O–H groups in total. The standard InChI is InChI=1S/C10H8N2S/c11-5-9(12)8-6-13-10-4-2-1-3-7(8)10/h1-4,6,9H,12H2/t9-/m0/s1. The number of nitriles is 1. The molecule has 0 radical (unpaired) electrons. The molecule has 0 bridgehead atoms. The van der Waals surface area contributed by atoms with Crippen LogP contribution >= 0.6 is 11.3 Å². The molecule has 2 nitrogen and oxygen atoms in total. The molecule has 0 unspecified atom stereocenters. The van der Waals surface area contributed by atoms with Crippen LogP contribution in [0.4, 0.5) is 0 Å². The predicted molar refractivity (Wildman–Crippen MR) is 54.4 cm³/mol. The highest BCUT2D eigenvalue weighted by molar-refractivity contribution is 7.17. The first kappa shape index (κ1) is 8.24. The third-order valence-electron chi connectivity index (χ3n) is 1.99. The van der Waals surface area contributed by atoms with Gasteiger partial charge >= 0.3 is 0 Å². The van der Waals surface area contributed by atoms with E-state index in [2.05, 4.69) is 0 Å². The molecule has 3 heteroatoms. The average molecular weight is 188 g/mol. The van der Waals surface area contributed by atoms with E-state index in [0.717, 1.165) is 10.9 Å². The number of fused-ring (bicyclic) bond motifs is 1. The van der Waals surface area contributed by atoms with Crippen LogP contribution in [0.3, 0.4) is 0 Å². The first-order valence-corrected chi connectivity index (χ1v) is 4.82. The molecule has 0 aliphatic rings. The summed E-state index contributed by atoms with van der Waals surface area (Å²) in [5, 5.41) is 11.8. The van der Waals surface area contributed by atoms with Gasteiger partial charge in [0.25, 0.3) is 0 Å². The smallest absolute Gasteiger partial charge is 0.120 e. The first-order chi connectivity index (χ1) is 6.33. The minimum Gasteiger partial charge on any atom is -0.312 e. The lowest BCUT2D eigenvalue weighted by molar-refractivity contribution is 0.942. The van der Waals surface area contributed by atoms with Crippen molar-refractivity contribution in [2.75, 3.05) is 0 Å². The molecule has 0 spiro atoms. The van der Waals surface area contributed by atoms with Crippen LogP contribution in [0.15, 0.2) is 29.6 Å². The van der Waals surface area contributed by atoms with E-state index in [1.54, 1.807) is 11.3 Å². The highest BCUT2D eigenvalue weighted by atomic mass is 32.1. The maximum Gasteiger partial charge on any atom is 0.120 e. The highest BCUT2D eigenvalue weighted by Crippen LogP contribution is 2.28. The minimum absolute atomic E-state index is 0.504. The predicted octanol–water partition coefficient (Wildman–Crippen LogP) is 2.42. The second-order valence-corrected chi connectivity index (χ2v) is 3.71. The molecular formula is C10H8N2S. The van der Waals surface area contributed by atoms with Crippen LogP contribution in [0, 0.1) is 11.3 Å². The quantitative estimate of drug-likeness (QED) is 0.747. The third-order valence-corrected chi connectivity index (χ3v) is 2.97. The molecule has 64 valence electrons. The SMILES string of the molecule is N#C[C@H](N)c1csc2ccccc12. The highest BCUT2D eigenvalue weighted by Gasteiger charge is 2.09. The van der Waals surface area contributed by atoms with Crippen LogP contribution < -0.4 is 5.73 Å². The summed E-state index contributed by atoms with van der Waals surface area (Å²) in [6.07, 6.45) is 0. The van der Waals surface area contributed by atoms with Crippen molar-refractivity contribution < 1.29 is 0 Å². The minimum atomic E-state index is -0.504. The maximum absolute atomic E-state index is 8.70. The fraction of sp³-hybridized carbons (Fsp3) is 0.100. The van der Waals surface area contributed by atoms with E-state index >= 15 is 0 Å². The molecule has 1 aromatic carbocycles. The third kappa shape index (κ3) is 1.31. The molecule has 0 aliphatic carbocycles. The molecule has 1 atom stereocenters. The molecule has 2 rings (SSSR count). The molecule has 0 saturated carbocycles. The Morgan fingerprint density at radius 3 is 2.92 bits per heavy atom. The molecular weight excluding hydrogens is 180 g/mol. The Morgan fingerprint density at radius 2 is 2.15 bits per heavy atom. The maximum atomic E-state index is 8.70. The van der Waals surface area contributed by atoms with Gasteiger partial charge in [-0.15, -0.1) is 11.3 Å². The Balaban J connectivity index is 2.66. The molecule has 0 amide bonds. The van der Waals surface area contributed by atoms with Crippen LogP contribution in [0.1, 0.15) is 11.6 Å². The summed E-state index contributed by atoms with van der Waals surface area (Å²) in [7, 11) is 0. The van der Waals surface area contributed by atoms with Crippen LogP contribution in [0.2, 0.25) is 0 Å². The van der Waals surface area contributed by atoms with Gasteiger partial charge in [-0.05, 0) is 16.8 Å². The monoisotopic (exact) mass is 188 g/mol. The van der Waals surface area contributed by atoms with Gasteiger partial charge in [0.2, 0.25) is 0 Å². The summed E-state index contributed by atoms with van der Waals surface area (Å²) in [5.74, 6) is 0. The van der Waals surface area contributed by atoms with Gasteiger partial charge in [-0.1, -0.05) is 18.2 Å². The summed E-state index contributed by atoms with van der Waals surface area (Å²) < 4.78 is 1.18. The Hall–Kier alpha value is -1.37. The average Bonchev–Trinajstić information content (AvgIpc) is 2.60. The van der Waals surface area contributed by atoms with Gasteiger partial charge in [-0.3, -0.25) is 0 Å². The van der Waals surface area contributed by atoms with Gasteiger partial charge in [-0.2, -0.15) is 5.26 Å². The molecule has 13 heavy (non-hydrogen) atoms. The fourth-order valence-electron chi connectivity index (χ4n) is 1.31. The summed E-state index contributed by atoms with van der Waals surface area (Å²) >= 11 is 1.63. The van der Waals surface area contributed by atoms with Crippen molar-refractivity contribution in [3.05, 3.63) is 35.2 Å². The number of thiophene rings is 1. The second-order valence-electron chi connectivity index (χ2n) is 2.79. The van der Waals surface area contributed by atoms with Crippen molar-refractivity contribution in [3.63, 3.8) is 0 Å².